The largest absolute Gasteiger partial charge is 2.00 e. The van der Waals surface area contributed by atoms with Gasteiger partial charge in [0.1, 0.15) is 0 Å². The summed E-state index contributed by atoms with van der Waals surface area (Å²) in [6.45, 7) is 12.3. The van der Waals surface area contributed by atoms with Crippen molar-refractivity contribution in [1.82, 2.24) is 10.2 Å². The topological polar surface area (TPSA) is 44.1 Å². The molecule has 0 aliphatic heterocycles. The van der Waals surface area contributed by atoms with Crippen LogP contribution in [0.5, 0.6) is 0 Å². The molecule has 0 radical (unpaired) electrons. The van der Waals surface area contributed by atoms with E-state index in [-0.39, 0.29) is 32.0 Å². The predicted octanol–water partition coefficient (Wildman–Crippen LogP) is 2.31. The summed E-state index contributed by atoms with van der Waals surface area (Å²) in [5.41, 5.74) is 0.538. The van der Waals surface area contributed by atoms with Gasteiger partial charge in [-0.15, -0.1) is 0 Å². The van der Waals surface area contributed by atoms with E-state index in [2.05, 4.69) is 31.0 Å². The molecule has 1 aromatic rings. The van der Waals surface area contributed by atoms with Crippen molar-refractivity contribution in [3.8, 4) is 0 Å². The molecule has 0 unspecified atom stereocenters. The summed E-state index contributed by atoms with van der Waals surface area (Å²) < 4.78 is 0. The minimum absolute atomic E-state index is 0. The van der Waals surface area contributed by atoms with Gasteiger partial charge in [-0.1, -0.05) is 20.8 Å². The van der Waals surface area contributed by atoms with Crippen molar-refractivity contribution in [2.45, 2.75) is 47.0 Å². The second kappa shape index (κ2) is 7.78. The van der Waals surface area contributed by atoms with Crippen LogP contribution in [-0.2, 0) is 26.5 Å². The molecule has 0 atom stereocenters. The maximum atomic E-state index is 10.6. The van der Waals surface area contributed by atoms with Crippen molar-refractivity contribution in [3.05, 3.63) is 34.1 Å². The molecule has 0 fully saturated rings. The Morgan fingerprint density at radius 3 is 1.88 bits per heavy atom. The third-order valence-corrected chi connectivity index (χ3v) is 1.41. The molecule has 90 valence electrons. The zero-order valence-electron chi connectivity index (χ0n) is 10.9. The molecule has 0 aliphatic rings. The van der Waals surface area contributed by atoms with E-state index in [9.17, 15) is 4.79 Å². The van der Waals surface area contributed by atoms with Crippen molar-refractivity contribution >= 4 is 0 Å². The quantitative estimate of drug-likeness (QED) is 0.637. The first kappa shape index (κ1) is 17.9. The zero-order chi connectivity index (χ0) is 12.1. The maximum Gasteiger partial charge on any atom is 2.00 e. The van der Waals surface area contributed by atoms with E-state index >= 15 is 0 Å². The van der Waals surface area contributed by atoms with Gasteiger partial charge in [0.2, 0.25) is 0 Å². The van der Waals surface area contributed by atoms with Gasteiger partial charge < -0.3 is 20.9 Å². The Labute approximate surface area is 112 Å². The van der Waals surface area contributed by atoms with Crippen LogP contribution in [-0.4, -0.2) is 5.10 Å². The molecule has 0 spiro atoms. The molecule has 0 aromatic carbocycles. The number of hydrogen-bond acceptors (Lipinski definition) is 2. The number of rotatable bonds is 0. The molecule has 0 saturated carbocycles. The number of aromatic nitrogens is 2. The average molecular weight is 392 g/mol. The minimum atomic E-state index is -0.280. The van der Waals surface area contributed by atoms with Crippen LogP contribution in [0.3, 0.4) is 0 Å². The van der Waals surface area contributed by atoms with Gasteiger partial charge in [-0.05, 0) is 12.1 Å². The van der Waals surface area contributed by atoms with Crippen LogP contribution < -0.4 is 10.7 Å². The predicted molar refractivity (Wildman–Crippen MR) is 62.8 cm³/mol. The zero-order valence-corrected chi connectivity index (χ0v) is 13.8. The van der Waals surface area contributed by atoms with Crippen LogP contribution in [0.4, 0.5) is 0 Å². The molecule has 0 saturated heterocycles. The normalized spacial score (nSPS) is 10.2. The van der Waals surface area contributed by atoms with Crippen LogP contribution in [0.1, 0.15) is 47.2 Å². The van der Waals surface area contributed by atoms with Gasteiger partial charge in [-0.3, -0.25) is 0 Å². The minimum Gasteiger partial charge on any atom is -0.541 e. The Morgan fingerprint density at radius 2 is 1.62 bits per heavy atom. The summed E-state index contributed by atoms with van der Waals surface area (Å²) in [6.07, 6.45) is 0. The van der Waals surface area contributed by atoms with Gasteiger partial charge in [0.15, 0.2) is 0 Å². The van der Waals surface area contributed by atoms with Gasteiger partial charge >= 0.3 is 21.1 Å². The maximum absolute atomic E-state index is 10.6. The molecule has 0 bridgehead atoms. The van der Waals surface area contributed by atoms with Gasteiger partial charge in [0.25, 0.3) is 0 Å². The van der Waals surface area contributed by atoms with E-state index in [4.69, 9.17) is 0 Å². The molecule has 0 amide bonds. The number of hydrogen-bond donors (Lipinski definition) is 0. The van der Waals surface area contributed by atoms with E-state index in [1.54, 1.807) is 6.07 Å². The summed E-state index contributed by atoms with van der Waals surface area (Å²) in [4.78, 5) is 10.6. The van der Waals surface area contributed by atoms with Crippen LogP contribution in [0.15, 0.2) is 16.9 Å². The standard InChI is InChI=1S/C8H12N2O.C4H9.W/c1-8(2,3)6-4-5-7(11)10-9-6;1-4(2)3;/h4-5H,1-3H3,(H,10,11);1-3H3;/q;-1;+2/p-1. The molecule has 0 aliphatic carbocycles. The van der Waals surface area contributed by atoms with E-state index in [0.717, 1.165) is 5.69 Å². The van der Waals surface area contributed by atoms with Gasteiger partial charge in [-0.2, -0.15) is 20.8 Å². The Hall–Kier alpha value is -0.432. The number of nitrogens with zero attached hydrogens (tertiary/aromatic N) is 2. The van der Waals surface area contributed by atoms with Crippen LogP contribution in [0, 0.1) is 5.92 Å². The Kier molecular flexibility index (Phi) is 8.73. The summed E-state index contributed by atoms with van der Waals surface area (Å²) in [7, 11) is 0. The Bertz CT molecular complexity index is 316. The van der Waals surface area contributed by atoms with E-state index in [1.807, 2.05) is 20.8 Å². The third kappa shape index (κ3) is 8.84. The van der Waals surface area contributed by atoms with Crippen molar-refractivity contribution < 1.29 is 21.1 Å². The van der Waals surface area contributed by atoms with Crippen LogP contribution in [0.2, 0.25) is 0 Å². The third-order valence-electron chi connectivity index (χ3n) is 1.41. The van der Waals surface area contributed by atoms with Gasteiger partial charge in [0.05, 0.1) is 5.56 Å². The van der Waals surface area contributed by atoms with Crippen molar-refractivity contribution in [1.29, 1.82) is 0 Å². The average Bonchev–Trinajstić information content (AvgIpc) is 2.01. The van der Waals surface area contributed by atoms with Gasteiger partial charge in [0, 0.05) is 11.1 Å². The van der Waals surface area contributed by atoms with Crippen molar-refractivity contribution in [3.63, 3.8) is 0 Å². The molecular weight excluding hydrogens is 372 g/mol. The van der Waals surface area contributed by atoms with Gasteiger partial charge in [-0.25, -0.2) is 0 Å². The first-order chi connectivity index (χ1) is 6.73. The Morgan fingerprint density at radius 1 is 1.19 bits per heavy atom. The molecule has 1 aromatic heterocycles. The molecular formula is C12H20N2OW. The fraction of sp³-hybridized carbons (Fsp3) is 0.583. The van der Waals surface area contributed by atoms with E-state index in [0.29, 0.717) is 0 Å². The molecule has 1 rings (SSSR count). The second-order valence-corrected chi connectivity index (χ2v) is 5.01. The first-order valence-electron chi connectivity index (χ1n) is 5.01. The Balaban J connectivity index is 0. The summed E-state index contributed by atoms with van der Waals surface area (Å²) in [5, 5.41) is 7.23. The fourth-order valence-electron chi connectivity index (χ4n) is 0.720. The van der Waals surface area contributed by atoms with Crippen LogP contribution >= 0.6 is 0 Å². The fourth-order valence-corrected chi connectivity index (χ4v) is 0.720. The molecule has 3 nitrogen and oxygen atoms in total. The summed E-state index contributed by atoms with van der Waals surface area (Å²) in [6, 6.07) is 3.16. The molecule has 4 heteroatoms. The molecule has 1 heterocycles. The van der Waals surface area contributed by atoms with E-state index in [1.165, 1.54) is 12.0 Å². The summed E-state index contributed by atoms with van der Waals surface area (Å²) >= 11 is 0. The first-order valence-corrected chi connectivity index (χ1v) is 5.01. The van der Waals surface area contributed by atoms with Crippen LogP contribution in [0.25, 0.3) is 0 Å². The van der Waals surface area contributed by atoms with Crippen molar-refractivity contribution in [2.24, 2.45) is 0 Å². The monoisotopic (exact) mass is 392 g/mol. The van der Waals surface area contributed by atoms with E-state index < -0.39 is 0 Å². The SMILES string of the molecule is CC(C)(C)c1ccc(=O)[n-]n1.C[C-](C)C.[W+2]. The molecule has 0 N–H and O–H groups in total. The second-order valence-electron chi connectivity index (χ2n) is 5.01. The summed E-state index contributed by atoms with van der Waals surface area (Å²) in [5.74, 6) is 1.42. The smallest absolute Gasteiger partial charge is 0.541 e. The van der Waals surface area contributed by atoms with Crippen molar-refractivity contribution in [2.75, 3.05) is 0 Å². The molecule has 16 heavy (non-hydrogen) atoms.